The first kappa shape index (κ1) is 13.4. The minimum atomic E-state index is -0.176. The zero-order chi connectivity index (χ0) is 12.8. The highest BCUT2D eigenvalue weighted by Crippen LogP contribution is 2.23. The molecule has 0 radical (unpaired) electrons. The zero-order valence-electron chi connectivity index (χ0n) is 9.74. The number of terminal acetylenes is 1. The normalized spacial score (nSPS) is 9.71. The lowest BCUT2D eigenvalue weighted by Gasteiger charge is -2.20. The smallest absolute Gasteiger partial charge is 0.256 e. The first-order chi connectivity index (χ1) is 8.11. The average Bonchev–Trinajstić information content (AvgIpc) is 2.31. The van der Waals surface area contributed by atoms with E-state index in [2.05, 4.69) is 5.92 Å². The molecule has 90 valence electrons. The van der Waals surface area contributed by atoms with Gasteiger partial charge < -0.3 is 10.6 Å². The van der Waals surface area contributed by atoms with Gasteiger partial charge in [-0.25, -0.2) is 0 Å². The number of benzene rings is 1. The third-order valence-electron chi connectivity index (χ3n) is 2.35. The fraction of sp³-hybridized carbons (Fsp3) is 0.308. The highest BCUT2D eigenvalue weighted by Gasteiger charge is 2.17. The van der Waals surface area contributed by atoms with E-state index in [-0.39, 0.29) is 12.5 Å². The molecule has 1 rings (SSSR count). The number of nitrogens with zero attached hydrogens (tertiary/aromatic N) is 1. The zero-order valence-corrected chi connectivity index (χ0v) is 10.5. The molecule has 2 N–H and O–H groups in total. The van der Waals surface area contributed by atoms with Crippen molar-refractivity contribution < 1.29 is 4.79 Å². The quantitative estimate of drug-likeness (QED) is 0.659. The van der Waals surface area contributed by atoms with Gasteiger partial charge in [-0.3, -0.25) is 4.79 Å². The predicted molar refractivity (Wildman–Crippen MR) is 70.9 cm³/mol. The maximum Gasteiger partial charge on any atom is 0.256 e. The van der Waals surface area contributed by atoms with Gasteiger partial charge in [-0.15, -0.1) is 6.42 Å². The molecular formula is C13H15ClN2O. The number of para-hydroxylation sites is 1. The van der Waals surface area contributed by atoms with Gasteiger partial charge in [0.1, 0.15) is 0 Å². The number of anilines is 1. The fourth-order valence-electron chi connectivity index (χ4n) is 1.53. The van der Waals surface area contributed by atoms with E-state index in [1.165, 1.54) is 0 Å². The Morgan fingerprint density at radius 1 is 1.59 bits per heavy atom. The monoisotopic (exact) mass is 250 g/mol. The second-order valence-corrected chi connectivity index (χ2v) is 4.04. The van der Waals surface area contributed by atoms with E-state index >= 15 is 0 Å². The van der Waals surface area contributed by atoms with Gasteiger partial charge in [-0.05, 0) is 18.6 Å². The predicted octanol–water partition coefficient (Wildman–Crippen LogP) is 2.41. The maximum absolute atomic E-state index is 12.2. The van der Waals surface area contributed by atoms with Gasteiger partial charge in [-0.2, -0.15) is 0 Å². The number of nitrogens with two attached hydrogens (primary N) is 1. The molecule has 4 heteroatoms. The van der Waals surface area contributed by atoms with Crippen molar-refractivity contribution in [3.05, 3.63) is 28.8 Å². The molecule has 0 spiro atoms. The van der Waals surface area contributed by atoms with E-state index in [9.17, 15) is 4.79 Å². The highest BCUT2D eigenvalue weighted by molar-refractivity contribution is 6.33. The molecule has 0 fully saturated rings. The summed E-state index contributed by atoms with van der Waals surface area (Å²) in [5.41, 5.74) is 6.49. The molecule has 1 amide bonds. The van der Waals surface area contributed by atoms with Crippen LogP contribution >= 0.6 is 11.6 Å². The van der Waals surface area contributed by atoms with E-state index in [0.29, 0.717) is 22.8 Å². The Bertz CT molecular complexity index is 451. The summed E-state index contributed by atoms with van der Waals surface area (Å²) in [6.45, 7) is 2.87. The van der Waals surface area contributed by atoms with Gasteiger partial charge in [0.25, 0.3) is 5.91 Å². The molecule has 1 aromatic carbocycles. The summed E-state index contributed by atoms with van der Waals surface area (Å²) in [5, 5.41) is 0.382. The second kappa shape index (κ2) is 6.17. The van der Waals surface area contributed by atoms with Gasteiger partial charge in [0, 0.05) is 6.54 Å². The van der Waals surface area contributed by atoms with Gasteiger partial charge in [0.05, 0.1) is 22.8 Å². The second-order valence-electron chi connectivity index (χ2n) is 3.63. The number of hydrogen-bond acceptors (Lipinski definition) is 2. The number of rotatable bonds is 4. The number of halogens is 1. The fourth-order valence-corrected chi connectivity index (χ4v) is 1.70. The molecule has 0 aliphatic heterocycles. The SMILES string of the molecule is C#CCN(CCC)C(=O)c1cccc(Cl)c1N. The molecule has 0 aliphatic carbocycles. The lowest BCUT2D eigenvalue weighted by Crippen LogP contribution is -2.32. The number of hydrogen-bond donors (Lipinski definition) is 1. The van der Waals surface area contributed by atoms with Crippen LogP contribution < -0.4 is 5.73 Å². The topological polar surface area (TPSA) is 46.3 Å². The minimum Gasteiger partial charge on any atom is -0.397 e. The van der Waals surface area contributed by atoms with Crippen LogP contribution in [0, 0.1) is 12.3 Å². The van der Waals surface area contributed by atoms with Gasteiger partial charge in [-0.1, -0.05) is 30.5 Å². The Hall–Kier alpha value is -1.66. The molecule has 0 saturated heterocycles. The Balaban J connectivity index is 3.01. The average molecular weight is 251 g/mol. The Morgan fingerprint density at radius 2 is 2.29 bits per heavy atom. The largest absolute Gasteiger partial charge is 0.397 e. The Kier molecular flexibility index (Phi) is 4.86. The number of carbonyl (C=O) groups excluding carboxylic acids is 1. The summed E-state index contributed by atoms with van der Waals surface area (Å²) in [6, 6.07) is 5.01. The molecule has 0 aliphatic rings. The number of amides is 1. The number of nitrogen functional groups attached to an aromatic ring is 1. The van der Waals surface area contributed by atoms with Crippen LogP contribution in [0.4, 0.5) is 5.69 Å². The van der Waals surface area contributed by atoms with Crippen LogP contribution in [0.1, 0.15) is 23.7 Å². The van der Waals surface area contributed by atoms with E-state index in [1.54, 1.807) is 23.1 Å². The van der Waals surface area contributed by atoms with Crippen LogP contribution in [-0.4, -0.2) is 23.9 Å². The summed E-state index contributed by atoms with van der Waals surface area (Å²) in [6.07, 6.45) is 6.08. The lowest BCUT2D eigenvalue weighted by atomic mass is 10.1. The van der Waals surface area contributed by atoms with Crippen LogP contribution in [0.5, 0.6) is 0 Å². The summed E-state index contributed by atoms with van der Waals surface area (Å²) in [5.74, 6) is 2.29. The molecule has 17 heavy (non-hydrogen) atoms. The van der Waals surface area contributed by atoms with Crippen molar-refractivity contribution in [2.75, 3.05) is 18.8 Å². The van der Waals surface area contributed by atoms with E-state index in [0.717, 1.165) is 6.42 Å². The lowest BCUT2D eigenvalue weighted by molar-refractivity contribution is 0.0778. The maximum atomic E-state index is 12.2. The highest BCUT2D eigenvalue weighted by atomic mass is 35.5. The molecule has 0 atom stereocenters. The van der Waals surface area contributed by atoms with Crippen molar-refractivity contribution in [3.63, 3.8) is 0 Å². The van der Waals surface area contributed by atoms with Gasteiger partial charge in [0.2, 0.25) is 0 Å². The van der Waals surface area contributed by atoms with Crippen LogP contribution in [0.15, 0.2) is 18.2 Å². The van der Waals surface area contributed by atoms with E-state index in [4.69, 9.17) is 23.8 Å². The molecule has 1 aromatic rings. The standard InChI is InChI=1S/C13H15ClN2O/c1-3-8-16(9-4-2)13(17)10-6-5-7-11(14)12(10)15/h1,5-7H,4,8-9,15H2,2H3. The molecular weight excluding hydrogens is 236 g/mol. The minimum absolute atomic E-state index is 0.176. The summed E-state index contributed by atoms with van der Waals surface area (Å²) < 4.78 is 0. The van der Waals surface area contributed by atoms with Crippen molar-refractivity contribution in [3.8, 4) is 12.3 Å². The van der Waals surface area contributed by atoms with E-state index < -0.39 is 0 Å². The summed E-state index contributed by atoms with van der Waals surface area (Å²) in [4.78, 5) is 13.8. The first-order valence-corrected chi connectivity index (χ1v) is 5.76. The van der Waals surface area contributed by atoms with Crippen molar-refractivity contribution >= 4 is 23.2 Å². The van der Waals surface area contributed by atoms with Crippen LogP contribution in [0.2, 0.25) is 5.02 Å². The van der Waals surface area contributed by atoms with Crippen molar-refractivity contribution in [1.29, 1.82) is 0 Å². The Labute approximate surface area is 107 Å². The molecule has 0 bridgehead atoms. The summed E-state index contributed by atoms with van der Waals surface area (Å²) >= 11 is 5.88. The third-order valence-corrected chi connectivity index (χ3v) is 2.68. The van der Waals surface area contributed by atoms with Gasteiger partial charge >= 0.3 is 0 Å². The van der Waals surface area contributed by atoms with Crippen LogP contribution in [0.25, 0.3) is 0 Å². The van der Waals surface area contributed by atoms with Crippen LogP contribution in [0.3, 0.4) is 0 Å². The van der Waals surface area contributed by atoms with E-state index in [1.807, 2.05) is 6.92 Å². The molecule has 0 saturated carbocycles. The Morgan fingerprint density at radius 3 is 2.88 bits per heavy atom. The number of carbonyl (C=O) groups is 1. The summed E-state index contributed by atoms with van der Waals surface area (Å²) in [7, 11) is 0. The van der Waals surface area contributed by atoms with Crippen molar-refractivity contribution in [1.82, 2.24) is 4.90 Å². The van der Waals surface area contributed by atoms with Crippen LogP contribution in [-0.2, 0) is 0 Å². The molecule has 0 heterocycles. The van der Waals surface area contributed by atoms with Gasteiger partial charge in [0.15, 0.2) is 0 Å². The molecule has 3 nitrogen and oxygen atoms in total. The molecule has 0 unspecified atom stereocenters. The molecule has 0 aromatic heterocycles. The third kappa shape index (κ3) is 3.15. The van der Waals surface area contributed by atoms with Crippen molar-refractivity contribution in [2.45, 2.75) is 13.3 Å². The van der Waals surface area contributed by atoms with Crippen molar-refractivity contribution in [2.24, 2.45) is 0 Å². The first-order valence-electron chi connectivity index (χ1n) is 5.38.